The van der Waals surface area contributed by atoms with E-state index in [9.17, 15) is 22.8 Å². The molecule has 1 heterocycles. The molecule has 12 heteroatoms. The number of halogens is 3. The lowest BCUT2D eigenvalue weighted by Crippen LogP contribution is -2.42. The highest BCUT2D eigenvalue weighted by molar-refractivity contribution is 5.75. The summed E-state index contributed by atoms with van der Waals surface area (Å²) in [4.78, 5) is 26.0. The van der Waals surface area contributed by atoms with Crippen LogP contribution < -0.4 is 10.4 Å². The van der Waals surface area contributed by atoms with Crippen molar-refractivity contribution in [1.29, 1.82) is 0 Å². The van der Waals surface area contributed by atoms with E-state index in [1.54, 1.807) is 6.92 Å². The van der Waals surface area contributed by atoms with E-state index >= 15 is 0 Å². The number of carbonyl (C=O) groups is 1. The summed E-state index contributed by atoms with van der Waals surface area (Å²) in [6.45, 7) is 2.51. The van der Waals surface area contributed by atoms with Crippen molar-refractivity contribution < 1.29 is 27.4 Å². The van der Waals surface area contributed by atoms with Crippen molar-refractivity contribution in [1.82, 2.24) is 24.7 Å². The molecule has 0 radical (unpaired) electrons. The van der Waals surface area contributed by atoms with Gasteiger partial charge in [-0.25, -0.2) is 9.59 Å². The molecule has 0 fully saturated rings. The van der Waals surface area contributed by atoms with Gasteiger partial charge in [0.1, 0.15) is 5.75 Å². The normalized spacial score (nSPS) is 11.4. The number of tetrazole rings is 1. The number of nitrogens with zero attached hydrogens (tertiary/aromatic N) is 5. The van der Waals surface area contributed by atoms with E-state index in [0.29, 0.717) is 15.9 Å². The zero-order chi connectivity index (χ0) is 19.3. The van der Waals surface area contributed by atoms with Gasteiger partial charge in [-0.1, -0.05) is 6.07 Å². The Morgan fingerprint density at radius 2 is 2.04 bits per heavy atom. The van der Waals surface area contributed by atoms with Gasteiger partial charge in [0, 0.05) is 26.3 Å². The number of alkyl halides is 3. The first-order valence-corrected chi connectivity index (χ1v) is 7.46. The molecule has 0 N–H and O–H groups in total. The summed E-state index contributed by atoms with van der Waals surface area (Å²) in [6, 6.07) is 3.89. The molecule has 0 aliphatic rings. The van der Waals surface area contributed by atoms with Crippen molar-refractivity contribution in [2.75, 3.05) is 26.8 Å². The summed E-state index contributed by atoms with van der Waals surface area (Å²) in [5, 5.41) is 7.04. The molecule has 1 aromatic heterocycles. The van der Waals surface area contributed by atoms with E-state index in [1.807, 2.05) is 0 Å². The van der Waals surface area contributed by atoms with Crippen molar-refractivity contribution >= 4 is 6.03 Å². The summed E-state index contributed by atoms with van der Waals surface area (Å²) in [6.07, 6.45) is -4.87. The topological polar surface area (TPSA) is 91.5 Å². The van der Waals surface area contributed by atoms with Crippen molar-refractivity contribution in [2.45, 2.75) is 13.3 Å². The molecule has 0 aliphatic heterocycles. The highest BCUT2D eigenvalue weighted by atomic mass is 19.4. The fraction of sp³-hybridized carbons (Fsp3) is 0.429. The average molecular weight is 375 g/mol. The summed E-state index contributed by atoms with van der Waals surface area (Å²) in [5.74, 6) is -0.530. The number of rotatable bonds is 6. The highest BCUT2D eigenvalue weighted by Gasteiger charge is 2.31. The molecule has 142 valence electrons. The molecular weight excluding hydrogens is 359 g/mol. The lowest BCUT2D eigenvalue weighted by atomic mass is 10.3. The van der Waals surface area contributed by atoms with Crippen molar-refractivity contribution in [3.8, 4) is 11.4 Å². The largest absolute Gasteiger partial charge is 0.573 e. The van der Waals surface area contributed by atoms with Gasteiger partial charge in [-0.05, 0) is 29.5 Å². The van der Waals surface area contributed by atoms with E-state index in [2.05, 4.69) is 15.2 Å². The van der Waals surface area contributed by atoms with E-state index in [4.69, 9.17) is 4.74 Å². The van der Waals surface area contributed by atoms with Crippen LogP contribution in [0.5, 0.6) is 5.75 Å². The predicted molar refractivity (Wildman–Crippen MR) is 82.2 cm³/mol. The Balaban J connectivity index is 2.30. The van der Waals surface area contributed by atoms with Gasteiger partial charge in [-0.3, -0.25) is 0 Å². The summed E-state index contributed by atoms with van der Waals surface area (Å²) < 4.78 is 46.8. The van der Waals surface area contributed by atoms with Crippen molar-refractivity contribution in [3.05, 3.63) is 34.7 Å². The third-order valence-corrected chi connectivity index (χ3v) is 3.28. The first-order valence-electron chi connectivity index (χ1n) is 7.46. The second-order valence-electron chi connectivity index (χ2n) is 4.99. The van der Waals surface area contributed by atoms with Crippen LogP contribution in [0.3, 0.4) is 0 Å². The van der Waals surface area contributed by atoms with Gasteiger partial charge >= 0.3 is 18.1 Å². The molecule has 0 spiro atoms. The lowest BCUT2D eigenvalue weighted by molar-refractivity contribution is -0.274. The molecule has 0 atom stereocenters. The number of hydrogen-bond donors (Lipinski definition) is 0. The highest BCUT2D eigenvalue weighted by Crippen LogP contribution is 2.23. The second kappa shape index (κ2) is 7.99. The Morgan fingerprint density at radius 3 is 2.65 bits per heavy atom. The minimum atomic E-state index is -4.87. The van der Waals surface area contributed by atoms with Gasteiger partial charge in [-0.2, -0.15) is 4.68 Å². The van der Waals surface area contributed by atoms with Crippen LogP contribution in [-0.2, 0) is 4.74 Å². The van der Waals surface area contributed by atoms with E-state index in [1.165, 1.54) is 24.1 Å². The van der Waals surface area contributed by atoms with E-state index < -0.39 is 23.8 Å². The van der Waals surface area contributed by atoms with Gasteiger partial charge in [0.05, 0.1) is 12.3 Å². The van der Waals surface area contributed by atoms with Gasteiger partial charge in [0.2, 0.25) is 0 Å². The Hall–Kier alpha value is -2.89. The quantitative estimate of drug-likeness (QED) is 0.706. The molecule has 2 aromatic rings. The van der Waals surface area contributed by atoms with Crippen molar-refractivity contribution in [3.63, 3.8) is 0 Å². The number of aromatic nitrogens is 4. The predicted octanol–water partition coefficient (Wildman–Crippen LogP) is 1.26. The minimum Gasteiger partial charge on any atom is -0.406 e. The Kier molecular flexibility index (Phi) is 5.97. The van der Waals surface area contributed by atoms with E-state index in [-0.39, 0.29) is 18.8 Å². The molecule has 26 heavy (non-hydrogen) atoms. The van der Waals surface area contributed by atoms with Gasteiger partial charge in [-0.15, -0.1) is 17.9 Å². The first kappa shape index (κ1) is 19.4. The van der Waals surface area contributed by atoms with Gasteiger partial charge in [0.25, 0.3) is 0 Å². The van der Waals surface area contributed by atoms with Crippen LogP contribution in [-0.4, -0.2) is 63.9 Å². The monoisotopic (exact) mass is 375 g/mol. The van der Waals surface area contributed by atoms with Crippen LogP contribution in [0, 0.1) is 0 Å². The maximum Gasteiger partial charge on any atom is 0.573 e. The molecule has 9 nitrogen and oxygen atoms in total. The Bertz CT molecular complexity index is 817. The van der Waals surface area contributed by atoms with Crippen LogP contribution >= 0.6 is 0 Å². The summed E-state index contributed by atoms with van der Waals surface area (Å²) in [7, 11) is 1.47. The molecule has 0 unspecified atom stereocenters. The van der Waals surface area contributed by atoms with Gasteiger partial charge < -0.3 is 14.4 Å². The number of likely N-dealkylation sites (N-methyl/N-ethyl adjacent to an activating group) is 1. The summed E-state index contributed by atoms with van der Waals surface area (Å²) >= 11 is 0. The Labute approximate surface area is 145 Å². The zero-order valence-corrected chi connectivity index (χ0v) is 13.9. The van der Waals surface area contributed by atoms with E-state index in [0.717, 1.165) is 12.1 Å². The third-order valence-electron chi connectivity index (χ3n) is 3.28. The maximum atomic E-state index is 12.4. The fourth-order valence-corrected chi connectivity index (χ4v) is 2.07. The fourth-order valence-electron chi connectivity index (χ4n) is 2.07. The lowest BCUT2D eigenvalue weighted by Gasteiger charge is -2.18. The second-order valence-corrected chi connectivity index (χ2v) is 4.99. The number of ether oxygens (including phenoxy) is 2. The average Bonchev–Trinajstić information content (AvgIpc) is 2.95. The number of hydrogen-bond acceptors (Lipinski definition) is 6. The molecule has 0 saturated carbocycles. The van der Waals surface area contributed by atoms with Crippen LogP contribution in [0.1, 0.15) is 6.92 Å². The van der Waals surface area contributed by atoms with Crippen LogP contribution in [0.15, 0.2) is 29.1 Å². The molecule has 0 saturated heterocycles. The van der Waals surface area contributed by atoms with Crippen LogP contribution in [0.25, 0.3) is 5.69 Å². The third kappa shape index (κ3) is 4.59. The minimum absolute atomic E-state index is 0.0317. The standard InChI is InChI=1S/C14H16F3N5O4/c1-3-20(7-8-25-2)12(23)22-13(24)21(18-19-22)10-5-4-6-11(9-10)26-14(15,16)17/h4-6,9H,3,7-8H2,1-2H3. The summed E-state index contributed by atoms with van der Waals surface area (Å²) in [5.41, 5.74) is -0.953. The molecule has 2 rings (SSSR count). The Morgan fingerprint density at radius 1 is 1.31 bits per heavy atom. The zero-order valence-electron chi connectivity index (χ0n) is 13.9. The molecule has 0 aliphatic carbocycles. The van der Waals surface area contributed by atoms with Crippen LogP contribution in [0.4, 0.5) is 18.0 Å². The molecule has 1 aromatic carbocycles. The van der Waals surface area contributed by atoms with Gasteiger partial charge in [0.15, 0.2) is 0 Å². The number of methoxy groups -OCH3 is 1. The number of amides is 1. The van der Waals surface area contributed by atoms with Crippen molar-refractivity contribution in [2.24, 2.45) is 0 Å². The number of benzene rings is 1. The maximum absolute atomic E-state index is 12.4. The molecule has 0 bridgehead atoms. The SMILES string of the molecule is CCN(CCOC)C(=O)n1nnn(-c2cccc(OC(F)(F)F)c2)c1=O. The van der Waals surface area contributed by atoms with Crippen LogP contribution in [0.2, 0.25) is 0 Å². The number of carbonyl (C=O) groups excluding carboxylic acids is 1. The molecule has 1 amide bonds. The molecular formula is C14H16F3N5O4. The first-order chi connectivity index (χ1) is 12.3. The smallest absolute Gasteiger partial charge is 0.406 e.